The summed E-state index contributed by atoms with van der Waals surface area (Å²) in [7, 11) is 0. The number of hydrogen-bond donors (Lipinski definition) is 2. The molecule has 0 unspecified atom stereocenters. The summed E-state index contributed by atoms with van der Waals surface area (Å²) < 4.78 is 7.12. The number of hydrogen-bond acceptors (Lipinski definition) is 6. The lowest BCUT2D eigenvalue weighted by atomic mass is 9.99. The van der Waals surface area contributed by atoms with Gasteiger partial charge in [-0.1, -0.05) is 24.2 Å². The average molecular weight is 383 g/mol. The molecule has 144 valence electrons. The zero-order valence-electron chi connectivity index (χ0n) is 15.3. The fourth-order valence-corrected chi connectivity index (χ4v) is 3.20. The standard InChI is InChI=1S/C17H26N6O2.ClH/c1-3-12(4-2)15-9-14(25-21-15)10-19-17(24)16-11-23(22-20-16)13-5-7-18-8-6-13;/h9,11-13,18H,3-8,10H2,1-2H3,(H,19,24);1H. The first-order chi connectivity index (χ1) is 12.2. The molecule has 9 heteroatoms. The largest absolute Gasteiger partial charge is 0.359 e. The Kier molecular flexibility index (Phi) is 7.59. The van der Waals surface area contributed by atoms with E-state index < -0.39 is 0 Å². The minimum atomic E-state index is -0.249. The van der Waals surface area contributed by atoms with Crippen LogP contribution in [0.2, 0.25) is 0 Å². The van der Waals surface area contributed by atoms with E-state index >= 15 is 0 Å². The fourth-order valence-electron chi connectivity index (χ4n) is 3.20. The summed E-state index contributed by atoms with van der Waals surface area (Å²) in [5.41, 5.74) is 1.28. The number of rotatable bonds is 7. The lowest BCUT2D eigenvalue weighted by molar-refractivity contribution is 0.0942. The van der Waals surface area contributed by atoms with Crippen molar-refractivity contribution in [1.29, 1.82) is 0 Å². The smallest absolute Gasteiger partial charge is 0.273 e. The molecule has 0 aliphatic carbocycles. The van der Waals surface area contributed by atoms with Crippen molar-refractivity contribution in [2.45, 2.75) is 58.0 Å². The summed E-state index contributed by atoms with van der Waals surface area (Å²) in [6, 6.07) is 2.23. The first-order valence-corrected chi connectivity index (χ1v) is 9.07. The van der Waals surface area contributed by atoms with Crippen LogP contribution in [-0.2, 0) is 6.54 Å². The van der Waals surface area contributed by atoms with E-state index in [1.807, 2.05) is 6.07 Å². The Morgan fingerprint density at radius 3 is 2.81 bits per heavy atom. The molecule has 0 bridgehead atoms. The molecule has 0 atom stereocenters. The van der Waals surface area contributed by atoms with E-state index in [4.69, 9.17) is 4.52 Å². The Balaban J connectivity index is 0.00000243. The zero-order chi connectivity index (χ0) is 17.6. The van der Waals surface area contributed by atoms with Crippen LogP contribution in [0.1, 0.15) is 73.4 Å². The predicted octanol–water partition coefficient (Wildman–Crippen LogP) is 2.45. The Morgan fingerprint density at radius 1 is 1.38 bits per heavy atom. The number of piperidine rings is 1. The second-order valence-electron chi connectivity index (χ2n) is 6.48. The number of amides is 1. The van der Waals surface area contributed by atoms with Crippen molar-refractivity contribution in [3.05, 3.63) is 29.4 Å². The van der Waals surface area contributed by atoms with E-state index in [2.05, 4.69) is 39.9 Å². The third-order valence-corrected chi connectivity index (χ3v) is 4.83. The number of carbonyl (C=O) groups excluding carboxylic acids is 1. The second kappa shape index (κ2) is 9.68. The Labute approximate surface area is 159 Å². The molecular formula is C17H27ClN6O2. The van der Waals surface area contributed by atoms with E-state index in [0.717, 1.165) is 44.5 Å². The van der Waals surface area contributed by atoms with E-state index in [1.165, 1.54) is 0 Å². The van der Waals surface area contributed by atoms with Crippen LogP contribution < -0.4 is 10.6 Å². The first-order valence-electron chi connectivity index (χ1n) is 9.07. The minimum Gasteiger partial charge on any atom is -0.359 e. The summed E-state index contributed by atoms with van der Waals surface area (Å²) in [5, 5.41) is 18.3. The molecule has 1 aliphatic heterocycles. The molecule has 0 saturated carbocycles. The molecule has 2 N–H and O–H groups in total. The molecule has 26 heavy (non-hydrogen) atoms. The maximum atomic E-state index is 12.3. The Morgan fingerprint density at radius 2 is 2.12 bits per heavy atom. The summed E-state index contributed by atoms with van der Waals surface area (Å²) in [6.45, 7) is 6.50. The van der Waals surface area contributed by atoms with Crippen molar-refractivity contribution in [2.75, 3.05) is 13.1 Å². The van der Waals surface area contributed by atoms with Crippen molar-refractivity contribution in [3.8, 4) is 0 Å². The van der Waals surface area contributed by atoms with Gasteiger partial charge in [0, 0.05) is 12.0 Å². The molecule has 0 spiro atoms. The quantitative estimate of drug-likeness (QED) is 0.763. The van der Waals surface area contributed by atoms with Gasteiger partial charge in [-0.05, 0) is 38.8 Å². The maximum Gasteiger partial charge on any atom is 0.273 e. The van der Waals surface area contributed by atoms with E-state index in [-0.39, 0.29) is 18.3 Å². The summed E-state index contributed by atoms with van der Waals surface area (Å²) in [6.07, 6.45) is 5.77. The Hall–Kier alpha value is -1.93. The zero-order valence-corrected chi connectivity index (χ0v) is 16.1. The van der Waals surface area contributed by atoms with Gasteiger partial charge in [0.25, 0.3) is 5.91 Å². The van der Waals surface area contributed by atoms with Crippen molar-refractivity contribution in [1.82, 2.24) is 30.8 Å². The SMILES string of the molecule is CCC(CC)c1cc(CNC(=O)c2cn(C3CCNCC3)nn2)on1.Cl. The van der Waals surface area contributed by atoms with Crippen LogP contribution >= 0.6 is 12.4 Å². The van der Waals surface area contributed by atoms with Crippen molar-refractivity contribution in [3.63, 3.8) is 0 Å². The number of aromatic nitrogens is 4. The van der Waals surface area contributed by atoms with Crippen molar-refractivity contribution in [2.24, 2.45) is 0 Å². The van der Waals surface area contributed by atoms with Crippen LogP contribution in [0.5, 0.6) is 0 Å². The van der Waals surface area contributed by atoms with Crippen LogP contribution in [0.15, 0.2) is 16.8 Å². The molecule has 1 amide bonds. The molecule has 1 aliphatic rings. The molecule has 3 heterocycles. The highest BCUT2D eigenvalue weighted by Crippen LogP contribution is 2.22. The summed E-state index contributed by atoms with van der Waals surface area (Å²) >= 11 is 0. The van der Waals surface area contributed by atoms with E-state index in [9.17, 15) is 4.79 Å². The van der Waals surface area contributed by atoms with Gasteiger partial charge in [-0.3, -0.25) is 4.79 Å². The van der Waals surface area contributed by atoms with Gasteiger partial charge in [0.2, 0.25) is 0 Å². The third kappa shape index (κ3) is 4.82. The highest BCUT2D eigenvalue weighted by atomic mass is 35.5. The van der Waals surface area contributed by atoms with Gasteiger partial charge < -0.3 is 15.2 Å². The molecule has 0 aromatic carbocycles. The summed E-state index contributed by atoms with van der Waals surface area (Å²) in [5.74, 6) is 0.805. The molecule has 2 aromatic heterocycles. The van der Waals surface area contributed by atoms with Gasteiger partial charge in [0.15, 0.2) is 11.5 Å². The Bertz CT molecular complexity index is 691. The molecule has 2 aromatic rings. The number of halogens is 1. The van der Waals surface area contributed by atoms with E-state index in [0.29, 0.717) is 30.0 Å². The van der Waals surface area contributed by atoms with Crippen LogP contribution in [0.25, 0.3) is 0 Å². The topological polar surface area (TPSA) is 97.9 Å². The highest BCUT2D eigenvalue weighted by Gasteiger charge is 2.19. The molecule has 8 nitrogen and oxygen atoms in total. The van der Waals surface area contributed by atoms with Crippen LogP contribution in [0.3, 0.4) is 0 Å². The van der Waals surface area contributed by atoms with Crippen molar-refractivity contribution >= 4 is 18.3 Å². The second-order valence-corrected chi connectivity index (χ2v) is 6.48. The third-order valence-electron chi connectivity index (χ3n) is 4.83. The molecule has 0 radical (unpaired) electrons. The molecule has 1 fully saturated rings. The molecular weight excluding hydrogens is 356 g/mol. The summed E-state index contributed by atoms with van der Waals surface area (Å²) in [4.78, 5) is 12.3. The lowest BCUT2D eigenvalue weighted by Crippen LogP contribution is -2.29. The van der Waals surface area contributed by atoms with Crippen LogP contribution in [0.4, 0.5) is 0 Å². The number of nitrogens with one attached hydrogen (secondary N) is 2. The first kappa shape index (κ1) is 20.4. The van der Waals surface area contributed by atoms with Gasteiger partial charge in [0.05, 0.1) is 24.5 Å². The van der Waals surface area contributed by atoms with Crippen molar-refractivity contribution < 1.29 is 9.32 Å². The van der Waals surface area contributed by atoms with Crippen LogP contribution in [0, 0.1) is 0 Å². The van der Waals surface area contributed by atoms with Crippen LogP contribution in [-0.4, -0.2) is 39.1 Å². The number of nitrogens with zero attached hydrogens (tertiary/aromatic N) is 4. The van der Waals surface area contributed by atoms with Gasteiger partial charge in [-0.25, -0.2) is 4.68 Å². The number of carbonyl (C=O) groups is 1. The normalized spacial score (nSPS) is 15.0. The highest BCUT2D eigenvalue weighted by molar-refractivity contribution is 5.91. The van der Waals surface area contributed by atoms with E-state index in [1.54, 1.807) is 10.9 Å². The monoisotopic (exact) mass is 382 g/mol. The lowest BCUT2D eigenvalue weighted by Gasteiger charge is -2.22. The molecule has 1 saturated heterocycles. The van der Waals surface area contributed by atoms with Gasteiger partial charge in [-0.15, -0.1) is 17.5 Å². The average Bonchev–Trinajstić information content (AvgIpc) is 3.32. The van der Waals surface area contributed by atoms with Gasteiger partial charge in [0.1, 0.15) is 0 Å². The maximum absolute atomic E-state index is 12.3. The molecule has 3 rings (SSSR count). The van der Waals surface area contributed by atoms with Gasteiger partial charge in [-0.2, -0.15) is 0 Å². The minimum absolute atomic E-state index is 0. The predicted molar refractivity (Wildman–Crippen MR) is 99.4 cm³/mol. The van der Waals surface area contributed by atoms with Gasteiger partial charge >= 0.3 is 0 Å². The fraction of sp³-hybridized carbons (Fsp3) is 0.647.